The fourth-order valence-electron chi connectivity index (χ4n) is 1.41. The number of hydrogen-bond acceptors (Lipinski definition) is 1. The summed E-state index contributed by atoms with van der Waals surface area (Å²) in [5.74, 6) is -1.88. The van der Waals surface area contributed by atoms with Gasteiger partial charge in [-0.25, -0.2) is 8.78 Å². The molecule has 0 fully saturated rings. The summed E-state index contributed by atoms with van der Waals surface area (Å²) < 4.78 is 37.7. The Morgan fingerprint density at radius 1 is 1.29 bits per heavy atom. The zero-order chi connectivity index (χ0) is 10.9. The van der Waals surface area contributed by atoms with Gasteiger partial charge in [0.15, 0.2) is 5.83 Å². The summed E-state index contributed by atoms with van der Waals surface area (Å²) in [6.45, 7) is 3.12. The predicted octanol–water partition coefficient (Wildman–Crippen LogP) is 2.98. The van der Waals surface area contributed by atoms with Gasteiger partial charge in [0.1, 0.15) is 13.7 Å². The lowest BCUT2D eigenvalue weighted by atomic mass is 9.85. The molecule has 0 aromatic rings. The molecule has 0 bridgehead atoms. The molecule has 1 rings (SSSR count). The molecule has 14 heavy (non-hydrogen) atoms. The van der Waals surface area contributed by atoms with E-state index in [1.54, 1.807) is 13.3 Å². The van der Waals surface area contributed by atoms with Gasteiger partial charge >= 0.3 is 0 Å². The predicted molar refractivity (Wildman–Crippen MR) is 55.6 cm³/mol. The average Bonchev–Trinajstić information content (AvgIpc) is 2.04. The van der Waals surface area contributed by atoms with E-state index >= 15 is 0 Å². The van der Waals surface area contributed by atoms with E-state index in [0.29, 0.717) is 18.4 Å². The van der Waals surface area contributed by atoms with Crippen LogP contribution in [0.2, 0.25) is 0 Å². The Labute approximate surface area is 84.0 Å². The van der Waals surface area contributed by atoms with Crippen molar-refractivity contribution in [2.24, 2.45) is 0 Å². The van der Waals surface area contributed by atoms with Gasteiger partial charge in [-0.3, -0.25) is 0 Å². The minimum absolute atomic E-state index is 0.0479. The standard InChI is InChI=1S/C9H12BF2OP/c1-14(2,13)5-6-3-4-7(10)9(12)8(6)11/h3-5H2,1-2H3. The summed E-state index contributed by atoms with van der Waals surface area (Å²) in [6.07, 6.45) is 0.824. The quantitative estimate of drug-likeness (QED) is 0.512. The van der Waals surface area contributed by atoms with Crippen molar-refractivity contribution in [2.75, 3.05) is 19.5 Å². The average molecular weight is 216 g/mol. The van der Waals surface area contributed by atoms with Gasteiger partial charge in [0, 0.05) is 6.16 Å². The third-order valence-corrected chi connectivity index (χ3v) is 3.20. The van der Waals surface area contributed by atoms with Crippen molar-refractivity contribution in [3.63, 3.8) is 0 Å². The number of allylic oxidation sites excluding steroid dienone is 4. The van der Waals surface area contributed by atoms with Crippen molar-refractivity contribution in [1.82, 2.24) is 0 Å². The van der Waals surface area contributed by atoms with Crippen LogP contribution in [-0.4, -0.2) is 27.3 Å². The molecule has 2 radical (unpaired) electrons. The second-order valence-electron chi connectivity index (χ2n) is 3.99. The first kappa shape index (κ1) is 11.7. The lowest BCUT2D eigenvalue weighted by molar-refractivity contribution is 0.515. The lowest BCUT2D eigenvalue weighted by Crippen LogP contribution is -2.04. The third kappa shape index (κ3) is 2.81. The fourth-order valence-corrected chi connectivity index (χ4v) is 2.63. The highest BCUT2D eigenvalue weighted by Gasteiger charge is 2.22. The monoisotopic (exact) mass is 216 g/mol. The van der Waals surface area contributed by atoms with E-state index < -0.39 is 18.8 Å². The molecule has 0 aromatic carbocycles. The molecule has 0 spiro atoms. The van der Waals surface area contributed by atoms with E-state index in [9.17, 15) is 13.3 Å². The fraction of sp³-hybridized carbons (Fsp3) is 0.556. The molecule has 0 aromatic heterocycles. The molecule has 0 saturated carbocycles. The molecule has 0 amide bonds. The van der Waals surface area contributed by atoms with E-state index in [0.717, 1.165) is 0 Å². The Bertz CT molecular complexity index is 354. The molecule has 1 aliphatic rings. The Morgan fingerprint density at radius 2 is 1.86 bits per heavy atom. The summed E-state index contributed by atoms with van der Waals surface area (Å²) in [6, 6.07) is 0. The van der Waals surface area contributed by atoms with Gasteiger partial charge in [-0.05, 0) is 31.7 Å². The highest BCUT2D eigenvalue weighted by Crippen LogP contribution is 2.43. The van der Waals surface area contributed by atoms with Crippen LogP contribution in [0.1, 0.15) is 12.8 Å². The molecule has 0 aliphatic heterocycles. The van der Waals surface area contributed by atoms with Crippen LogP contribution in [0.5, 0.6) is 0 Å². The molecule has 1 aliphatic carbocycles. The van der Waals surface area contributed by atoms with Crippen LogP contribution in [0, 0.1) is 0 Å². The van der Waals surface area contributed by atoms with E-state index in [1.807, 2.05) is 0 Å². The van der Waals surface area contributed by atoms with Gasteiger partial charge in [-0.1, -0.05) is 5.47 Å². The Hall–Kier alpha value is -0.365. The maximum absolute atomic E-state index is 13.3. The Kier molecular flexibility index (Phi) is 3.36. The van der Waals surface area contributed by atoms with Crippen LogP contribution >= 0.6 is 7.14 Å². The second kappa shape index (κ2) is 4.02. The molecule has 0 heterocycles. The van der Waals surface area contributed by atoms with Crippen LogP contribution in [-0.2, 0) is 4.57 Å². The maximum Gasteiger partial charge on any atom is 0.157 e. The van der Waals surface area contributed by atoms with Crippen molar-refractivity contribution in [2.45, 2.75) is 12.8 Å². The molecule has 76 valence electrons. The van der Waals surface area contributed by atoms with Crippen molar-refractivity contribution in [3.8, 4) is 0 Å². The SMILES string of the molecule is [B]C1=C(F)C(F)=C(CP(C)(C)=O)CC1. The highest BCUT2D eigenvalue weighted by atomic mass is 31.2. The van der Waals surface area contributed by atoms with Crippen molar-refractivity contribution < 1.29 is 13.3 Å². The molecular weight excluding hydrogens is 204 g/mol. The minimum atomic E-state index is -2.35. The molecule has 0 N–H and O–H groups in total. The van der Waals surface area contributed by atoms with Gasteiger partial charge in [-0.15, -0.1) is 0 Å². The second-order valence-corrected chi connectivity index (χ2v) is 7.45. The van der Waals surface area contributed by atoms with Crippen LogP contribution < -0.4 is 0 Å². The van der Waals surface area contributed by atoms with Crippen LogP contribution in [0.15, 0.2) is 22.7 Å². The maximum atomic E-state index is 13.3. The van der Waals surface area contributed by atoms with E-state index in [2.05, 4.69) is 0 Å². The Balaban J connectivity index is 2.96. The van der Waals surface area contributed by atoms with Gasteiger partial charge in [0.2, 0.25) is 0 Å². The number of hydrogen-bond donors (Lipinski definition) is 0. The van der Waals surface area contributed by atoms with Crippen LogP contribution in [0.25, 0.3) is 0 Å². The third-order valence-electron chi connectivity index (χ3n) is 2.05. The van der Waals surface area contributed by atoms with Crippen LogP contribution in [0.3, 0.4) is 0 Å². The van der Waals surface area contributed by atoms with Gasteiger partial charge in [0.25, 0.3) is 0 Å². The first-order valence-corrected chi connectivity index (χ1v) is 7.16. The van der Waals surface area contributed by atoms with Gasteiger partial charge < -0.3 is 4.57 Å². The molecule has 0 saturated heterocycles. The first-order chi connectivity index (χ1) is 6.31. The largest absolute Gasteiger partial charge is 0.324 e. The topological polar surface area (TPSA) is 17.1 Å². The van der Waals surface area contributed by atoms with Gasteiger partial charge in [0.05, 0.1) is 7.14 Å². The highest BCUT2D eigenvalue weighted by molar-refractivity contribution is 7.62. The zero-order valence-electron chi connectivity index (χ0n) is 8.31. The van der Waals surface area contributed by atoms with Crippen molar-refractivity contribution in [1.29, 1.82) is 0 Å². The van der Waals surface area contributed by atoms with E-state index in [-0.39, 0.29) is 11.6 Å². The smallest absolute Gasteiger partial charge is 0.157 e. The normalized spacial score (nSPS) is 19.1. The molecular formula is C9H12BF2OP. The molecule has 0 unspecified atom stereocenters. The number of rotatable bonds is 2. The zero-order valence-corrected chi connectivity index (χ0v) is 9.20. The lowest BCUT2D eigenvalue weighted by Gasteiger charge is -2.17. The summed E-state index contributed by atoms with van der Waals surface area (Å²) in [5.41, 5.74) is 0.248. The summed E-state index contributed by atoms with van der Waals surface area (Å²) in [7, 11) is 2.91. The molecule has 1 nitrogen and oxygen atoms in total. The first-order valence-electron chi connectivity index (χ1n) is 4.37. The molecule has 0 atom stereocenters. The number of halogens is 2. The molecule has 5 heteroatoms. The van der Waals surface area contributed by atoms with E-state index in [1.165, 1.54) is 0 Å². The van der Waals surface area contributed by atoms with E-state index in [4.69, 9.17) is 7.85 Å². The van der Waals surface area contributed by atoms with Crippen molar-refractivity contribution in [3.05, 3.63) is 22.7 Å². The minimum Gasteiger partial charge on any atom is -0.324 e. The Morgan fingerprint density at radius 3 is 2.36 bits per heavy atom. The summed E-state index contributed by atoms with van der Waals surface area (Å²) >= 11 is 0. The summed E-state index contributed by atoms with van der Waals surface area (Å²) in [4.78, 5) is 0. The summed E-state index contributed by atoms with van der Waals surface area (Å²) in [5, 5.41) is 0. The van der Waals surface area contributed by atoms with Crippen LogP contribution in [0.4, 0.5) is 8.78 Å². The van der Waals surface area contributed by atoms with Crippen molar-refractivity contribution >= 4 is 15.0 Å². The van der Waals surface area contributed by atoms with Gasteiger partial charge in [-0.2, -0.15) is 0 Å².